The van der Waals surface area contributed by atoms with Crippen LogP contribution < -0.4 is 9.80 Å². The van der Waals surface area contributed by atoms with Crippen LogP contribution in [0.2, 0.25) is 0 Å². The van der Waals surface area contributed by atoms with Crippen LogP contribution >= 0.6 is 0 Å². The van der Waals surface area contributed by atoms with E-state index in [4.69, 9.17) is 24.0 Å². The number of morpholine rings is 1. The van der Waals surface area contributed by atoms with E-state index < -0.39 is 12.1 Å². The molecule has 2 saturated heterocycles. The number of carboxylic acid groups (broad SMARTS) is 1. The molecule has 0 unspecified atom stereocenters. The van der Waals surface area contributed by atoms with E-state index in [0.717, 1.165) is 62.5 Å². The average Bonchev–Trinajstić information content (AvgIpc) is 3.39. The van der Waals surface area contributed by atoms with Crippen LogP contribution in [0.5, 0.6) is 0 Å². The second-order valence-corrected chi connectivity index (χ2v) is 8.00. The average molecular weight is 471 g/mol. The van der Waals surface area contributed by atoms with Crippen LogP contribution in [0.1, 0.15) is 18.4 Å². The Morgan fingerprint density at radius 1 is 1.24 bits per heavy atom. The molecule has 0 saturated carbocycles. The molecule has 0 aliphatic carbocycles. The van der Waals surface area contributed by atoms with Crippen molar-refractivity contribution in [1.29, 1.82) is 0 Å². The number of carboxylic acids is 1. The van der Waals surface area contributed by atoms with Gasteiger partial charge in [0.1, 0.15) is 17.3 Å². The van der Waals surface area contributed by atoms with E-state index in [2.05, 4.69) is 33.8 Å². The highest BCUT2D eigenvalue weighted by Crippen LogP contribution is 2.28. The van der Waals surface area contributed by atoms with Gasteiger partial charge in [-0.05, 0) is 18.2 Å². The second kappa shape index (κ2) is 10.4. The van der Waals surface area contributed by atoms with Gasteiger partial charge in [0.05, 0.1) is 25.3 Å². The summed E-state index contributed by atoms with van der Waals surface area (Å²) in [6.45, 7) is 6.42. The van der Waals surface area contributed by atoms with Crippen LogP contribution in [0.3, 0.4) is 0 Å². The van der Waals surface area contributed by atoms with Crippen LogP contribution in [0.25, 0.3) is 0 Å². The molecule has 182 valence electrons. The highest BCUT2D eigenvalue weighted by molar-refractivity contribution is 5.73. The maximum absolute atomic E-state index is 10.6. The van der Waals surface area contributed by atoms with Crippen molar-refractivity contribution in [2.24, 2.45) is 0 Å². The molecule has 2 fully saturated rings. The van der Waals surface area contributed by atoms with E-state index in [-0.39, 0.29) is 6.10 Å². The molecular formula is C21H28F3N5O4. The standard InChI is InChI=1S/C19H27N5O2.C2HF3O2/c1-4-14-5-6-15(26-14)11-23-12-16-17(13-23)25-10-9-24(16)18-7-8-20-19(21-18)22(2)3;3-2(4,5)1(6)7/h5-8,16-17H,4,9-13H2,1-3H3;(H,6,7)/t16-,17+;/m1./s1. The zero-order chi connectivity index (χ0) is 24.2. The zero-order valence-electron chi connectivity index (χ0n) is 18.7. The molecule has 0 spiro atoms. The van der Waals surface area contributed by atoms with Crippen molar-refractivity contribution in [2.45, 2.75) is 38.2 Å². The molecule has 12 heteroatoms. The van der Waals surface area contributed by atoms with Gasteiger partial charge in [0.25, 0.3) is 0 Å². The number of aliphatic carboxylic acids is 1. The van der Waals surface area contributed by atoms with Crippen LogP contribution in [0.4, 0.5) is 24.9 Å². The van der Waals surface area contributed by atoms with Crippen molar-refractivity contribution in [3.8, 4) is 0 Å². The minimum Gasteiger partial charge on any atom is -0.475 e. The maximum atomic E-state index is 10.6. The van der Waals surface area contributed by atoms with Gasteiger partial charge in [-0.3, -0.25) is 4.90 Å². The molecule has 2 aromatic heterocycles. The predicted molar refractivity (Wildman–Crippen MR) is 114 cm³/mol. The normalized spacial score (nSPS) is 20.7. The summed E-state index contributed by atoms with van der Waals surface area (Å²) >= 11 is 0. The first-order valence-corrected chi connectivity index (χ1v) is 10.6. The Balaban J connectivity index is 0.000000383. The number of carbonyl (C=O) groups is 1. The van der Waals surface area contributed by atoms with Crippen molar-refractivity contribution in [3.63, 3.8) is 0 Å². The highest BCUT2D eigenvalue weighted by atomic mass is 19.4. The molecule has 2 atom stereocenters. The maximum Gasteiger partial charge on any atom is 0.490 e. The minimum absolute atomic E-state index is 0.210. The SMILES string of the molecule is CCc1ccc(CN2C[C@@H]3OCCN(c4ccnc(N(C)C)n4)[C@@H]3C2)o1.O=C(O)C(F)(F)F. The first-order valence-electron chi connectivity index (χ1n) is 10.6. The monoisotopic (exact) mass is 471 g/mol. The quantitative estimate of drug-likeness (QED) is 0.705. The smallest absolute Gasteiger partial charge is 0.475 e. The molecule has 1 N–H and O–H groups in total. The molecule has 0 aromatic carbocycles. The summed E-state index contributed by atoms with van der Waals surface area (Å²) < 4.78 is 43.7. The minimum atomic E-state index is -5.08. The number of fused-ring (bicyclic) bond motifs is 1. The number of hydrogen-bond acceptors (Lipinski definition) is 8. The summed E-state index contributed by atoms with van der Waals surface area (Å²) in [5, 5.41) is 7.12. The first-order chi connectivity index (χ1) is 15.6. The summed E-state index contributed by atoms with van der Waals surface area (Å²) in [5.41, 5.74) is 0. The van der Waals surface area contributed by atoms with E-state index >= 15 is 0 Å². The molecule has 2 aliphatic heterocycles. The second-order valence-electron chi connectivity index (χ2n) is 8.00. The fraction of sp³-hybridized carbons (Fsp3) is 0.571. The number of furan rings is 1. The van der Waals surface area contributed by atoms with Gasteiger partial charge in [0, 0.05) is 46.3 Å². The Morgan fingerprint density at radius 2 is 1.94 bits per heavy atom. The number of hydrogen-bond donors (Lipinski definition) is 1. The molecule has 9 nitrogen and oxygen atoms in total. The van der Waals surface area contributed by atoms with Crippen molar-refractivity contribution >= 4 is 17.7 Å². The molecule has 2 aromatic rings. The topological polar surface area (TPSA) is 95.2 Å². The molecule has 0 radical (unpaired) electrons. The summed E-state index contributed by atoms with van der Waals surface area (Å²) in [6.07, 6.45) is -2.10. The Kier molecular flexibility index (Phi) is 7.80. The molecule has 4 rings (SSSR count). The number of likely N-dealkylation sites (tertiary alicyclic amines) is 1. The largest absolute Gasteiger partial charge is 0.490 e. The van der Waals surface area contributed by atoms with Crippen LogP contribution in [-0.2, 0) is 22.5 Å². The summed E-state index contributed by atoms with van der Waals surface area (Å²) in [7, 11) is 3.93. The van der Waals surface area contributed by atoms with E-state index in [9.17, 15) is 13.2 Å². The Morgan fingerprint density at radius 3 is 2.55 bits per heavy atom. The number of alkyl halides is 3. The predicted octanol–water partition coefficient (Wildman–Crippen LogP) is 2.42. The number of nitrogens with zero attached hydrogens (tertiary/aromatic N) is 5. The van der Waals surface area contributed by atoms with Crippen molar-refractivity contribution in [1.82, 2.24) is 14.9 Å². The highest BCUT2D eigenvalue weighted by Gasteiger charge is 2.41. The van der Waals surface area contributed by atoms with Crippen LogP contribution in [-0.4, -0.2) is 84.6 Å². The summed E-state index contributed by atoms with van der Waals surface area (Å²) in [5.74, 6) is 1.04. The van der Waals surface area contributed by atoms with E-state index in [1.54, 1.807) is 0 Å². The number of aryl methyl sites for hydroxylation is 1. The van der Waals surface area contributed by atoms with E-state index in [1.807, 2.05) is 31.3 Å². The van der Waals surface area contributed by atoms with Crippen molar-refractivity contribution in [2.75, 3.05) is 50.1 Å². The third-order valence-electron chi connectivity index (χ3n) is 5.39. The van der Waals surface area contributed by atoms with Gasteiger partial charge >= 0.3 is 12.1 Å². The third-order valence-corrected chi connectivity index (χ3v) is 5.39. The molecule has 4 heterocycles. The Labute approximate surface area is 189 Å². The number of halogens is 3. The number of aromatic nitrogens is 2. The van der Waals surface area contributed by atoms with Gasteiger partial charge in [-0.25, -0.2) is 9.78 Å². The Bertz CT molecular complexity index is 937. The fourth-order valence-electron chi connectivity index (χ4n) is 3.81. The lowest BCUT2D eigenvalue weighted by Gasteiger charge is -2.37. The molecular weight excluding hydrogens is 443 g/mol. The van der Waals surface area contributed by atoms with Crippen molar-refractivity contribution < 1.29 is 32.2 Å². The molecule has 2 aliphatic rings. The van der Waals surface area contributed by atoms with Gasteiger partial charge in [0.2, 0.25) is 5.95 Å². The van der Waals surface area contributed by atoms with E-state index in [0.29, 0.717) is 6.04 Å². The number of ether oxygens (including phenoxy) is 1. The lowest BCUT2D eigenvalue weighted by atomic mass is 10.1. The Hall–Kier alpha value is -2.86. The van der Waals surface area contributed by atoms with Gasteiger partial charge in [-0.15, -0.1) is 0 Å². The molecule has 33 heavy (non-hydrogen) atoms. The lowest BCUT2D eigenvalue weighted by molar-refractivity contribution is -0.192. The van der Waals surface area contributed by atoms with Crippen molar-refractivity contribution in [3.05, 3.63) is 35.9 Å². The first kappa shape index (κ1) is 24.8. The van der Waals surface area contributed by atoms with Gasteiger partial charge < -0.3 is 24.1 Å². The summed E-state index contributed by atoms with van der Waals surface area (Å²) in [6, 6.07) is 6.48. The fourth-order valence-corrected chi connectivity index (χ4v) is 3.81. The number of rotatable bonds is 5. The molecule has 0 amide bonds. The summed E-state index contributed by atoms with van der Waals surface area (Å²) in [4.78, 5) is 24.7. The van der Waals surface area contributed by atoms with Gasteiger partial charge in [0.15, 0.2) is 0 Å². The van der Waals surface area contributed by atoms with Gasteiger partial charge in [-0.2, -0.15) is 18.2 Å². The van der Waals surface area contributed by atoms with Gasteiger partial charge in [-0.1, -0.05) is 6.92 Å². The zero-order valence-corrected chi connectivity index (χ0v) is 18.7. The lowest BCUT2D eigenvalue weighted by Crippen LogP contribution is -2.51. The third kappa shape index (κ3) is 6.35. The van der Waals surface area contributed by atoms with Crippen LogP contribution in [0, 0.1) is 0 Å². The van der Waals surface area contributed by atoms with Crippen LogP contribution in [0.15, 0.2) is 28.8 Å². The number of anilines is 2. The van der Waals surface area contributed by atoms with E-state index in [1.165, 1.54) is 0 Å². The molecule has 0 bridgehead atoms.